The van der Waals surface area contributed by atoms with Crippen LogP contribution in [0.2, 0.25) is 10.0 Å². The van der Waals surface area contributed by atoms with Crippen molar-refractivity contribution in [1.82, 2.24) is 19.1 Å². The third-order valence-corrected chi connectivity index (χ3v) is 10.7. The lowest BCUT2D eigenvalue weighted by Crippen LogP contribution is -2.16. The number of nitriles is 2. The third kappa shape index (κ3) is 10.9. The van der Waals surface area contributed by atoms with Crippen molar-refractivity contribution in [1.29, 1.82) is 10.5 Å². The van der Waals surface area contributed by atoms with Gasteiger partial charge in [0, 0.05) is 12.5 Å². The molecule has 3 N–H and O–H groups in total. The molecule has 0 saturated heterocycles. The highest BCUT2D eigenvalue weighted by Crippen LogP contribution is 2.31. The monoisotopic (exact) mass is 841 g/mol. The zero-order valence-corrected chi connectivity index (χ0v) is 35.8. The van der Waals surface area contributed by atoms with Crippen molar-refractivity contribution in [3.8, 4) is 12.1 Å². The minimum absolute atomic E-state index is 0.0104. The maximum atomic E-state index is 13.8. The molecule has 0 radical (unpaired) electrons. The number of fused-ring (bicyclic) bond motifs is 2. The molecule has 59 heavy (non-hydrogen) atoms. The predicted octanol–water partition coefficient (Wildman–Crippen LogP) is 10.4. The number of Topliss-reactive ketones (excluding diaryl/α,β-unsaturated/α-hetero) is 1. The number of imidazole rings is 2. The predicted molar refractivity (Wildman–Crippen MR) is 227 cm³/mol. The van der Waals surface area contributed by atoms with E-state index in [1.807, 2.05) is 85.7 Å². The lowest BCUT2D eigenvalue weighted by molar-refractivity contribution is -0.137. The van der Waals surface area contributed by atoms with Crippen molar-refractivity contribution in [3.63, 3.8) is 0 Å². The van der Waals surface area contributed by atoms with Gasteiger partial charge in [0.15, 0.2) is 5.78 Å². The Bertz CT molecular complexity index is 2600. The van der Waals surface area contributed by atoms with Crippen molar-refractivity contribution in [2.45, 2.75) is 97.7 Å². The van der Waals surface area contributed by atoms with Crippen LogP contribution < -0.4 is 5.73 Å². The highest BCUT2D eigenvalue weighted by atomic mass is 35.5. The minimum Gasteiger partial charge on any atom is -0.480 e. The van der Waals surface area contributed by atoms with Gasteiger partial charge in [0.05, 0.1) is 64.2 Å². The Balaban J connectivity index is 0.000000215. The fourth-order valence-corrected chi connectivity index (χ4v) is 7.32. The SMILES string of the molecule is Cc1cc(C(C)CC(=O)Cn2cnc3ccc(F)c(Cl)c32)ccc1C(C)(C)C#N.Cc1cc(C(C)N)ccc1C(C)(C)C#N.O=C(O)Cn1cnc2ccc(F)c(Cl)c21. The fraction of sp³-hybridized carbons (Fsp3) is 0.333. The number of hydrogen-bond donors (Lipinski definition) is 2. The number of ketones is 1. The second-order valence-electron chi connectivity index (χ2n) is 15.7. The quantitative estimate of drug-likeness (QED) is 0.138. The Kier molecular flexibility index (Phi) is 14.8. The van der Waals surface area contributed by atoms with Crippen LogP contribution >= 0.6 is 23.2 Å². The Morgan fingerprint density at radius 1 is 0.763 bits per heavy atom. The van der Waals surface area contributed by atoms with E-state index in [-0.39, 0.29) is 40.9 Å². The summed E-state index contributed by atoms with van der Waals surface area (Å²) in [5.74, 6) is -2.12. The highest BCUT2D eigenvalue weighted by molar-refractivity contribution is 6.35. The summed E-state index contributed by atoms with van der Waals surface area (Å²) >= 11 is 11.8. The summed E-state index contributed by atoms with van der Waals surface area (Å²) < 4.78 is 29.8. The summed E-state index contributed by atoms with van der Waals surface area (Å²) in [7, 11) is 0. The van der Waals surface area contributed by atoms with Crippen LogP contribution in [-0.2, 0) is 33.5 Å². The number of nitrogens with two attached hydrogens (primary N) is 1. The smallest absolute Gasteiger partial charge is 0.323 e. The number of carbonyl (C=O) groups is 2. The molecule has 2 heterocycles. The van der Waals surface area contributed by atoms with Crippen LogP contribution in [0.1, 0.15) is 93.3 Å². The molecular formula is C45H47Cl2F2N7O3. The van der Waals surface area contributed by atoms with Gasteiger partial charge in [-0.2, -0.15) is 10.5 Å². The van der Waals surface area contributed by atoms with Crippen LogP contribution in [0, 0.1) is 48.1 Å². The molecule has 2 atom stereocenters. The van der Waals surface area contributed by atoms with Crippen molar-refractivity contribution in [3.05, 3.63) is 128 Å². The van der Waals surface area contributed by atoms with Gasteiger partial charge in [-0.25, -0.2) is 18.7 Å². The van der Waals surface area contributed by atoms with Gasteiger partial charge in [0.25, 0.3) is 0 Å². The summed E-state index contributed by atoms with van der Waals surface area (Å²) in [5.41, 5.74) is 13.0. The highest BCUT2D eigenvalue weighted by Gasteiger charge is 2.24. The summed E-state index contributed by atoms with van der Waals surface area (Å²) in [5, 5.41) is 26.9. The molecule has 0 spiro atoms. The Labute approximate surface area is 352 Å². The van der Waals surface area contributed by atoms with Crippen LogP contribution in [0.3, 0.4) is 0 Å². The molecule has 10 nitrogen and oxygen atoms in total. The topological polar surface area (TPSA) is 164 Å². The van der Waals surface area contributed by atoms with E-state index in [1.165, 1.54) is 35.4 Å². The van der Waals surface area contributed by atoms with Gasteiger partial charge in [-0.3, -0.25) is 9.59 Å². The molecule has 0 saturated carbocycles. The fourth-order valence-electron chi connectivity index (χ4n) is 6.78. The molecule has 6 aromatic rings. The molecule has 6 rings (SSSR count). The van der Waals surface area contributed by atoms with Gasteiger partial charge in [0.2, 0.25) is 0 Å². The van der Waals surface area contributed by atoms with Crippen LogP contribution in [0.25, 0.3) is 22.1 Å². The average Bonchev–Trinajstić information content (AvgIpc) is 3.78. The lowest BCUT2D eigenvalue weighted by atomic mass is 9.81. The number of rotatable bonds is 10. The first-order chi connectivity index (χ1) is 27.6. The number of carboxylic acids is 1. The van der Waals surface area contributed by atoms with E-state index < -0.39 is 28.4 Å². The van der Waals surface area contributed by atoms with E-state index in [2.05, 4.69) is 28.2 Å². The van der Waals surface area contributed by atoms with E-state index >= 15 is 0 Å². The molecule has 0 aliphatic carbocycles. The molecular weight excluding hydrogens is 795 g/mol. The first kappa shape index (κ1) is 46.0. The van der Waals surface area contributed by atoms with Gasteiger partial charge < -0.3 is 20.0 Å². The molecule has 4 aromatic carbocycles. The van der Waals surface area contributed by atoms with Gasteiger partial charge in [-0.05, 0) is 112 Å². The molecule has 0 bridgehead atoms. The number of benzene rings is 4. The van der Waals surface area contributed by atoms with Crippen molar-refractivity contribution in [2.75, 3.05) is 0 Å². The third-order valence-electron chi connectivity index (χ3n) is 10.0. The standard InChI is InChI=1S/C23H23ClFN3O.C13H18N2.C9H6ClFN2O2/c1-14(16-5-6-18(15(2)9-16)23(3,4)12-26)10-17(29)11-28-13-27-20-8-7-19(25)21(24)22(20)28;1-9-7-11(10(2)15)5-6-12(9)13(3,4)8-14;10-8-5(11)1-2-6-9(8)13(4-12-6)3-7(14)15/h5-9,13-14H,10-11H2,1-4H3;5-7,10H,15H2,1-4H3;1-2,4H,3H2,(H,14,15). The van der Waals surface area contributed by atoms with Crippen molar-refractivity contribution in [2.24, 2.45) is 5.73 Å². The summed E-state index contributed by atoms with van der Waals surface area (Å²) in [4.78, 5) is 31.3. The van der Waals surface area contributed by atoms with E-state index in [9.17, 15) is 23.6 Å². The number of carbonyl (C=O) groups excluding carboxylic acids is 1. The minimum atomic E-state index is -1.03. The van der Waals surface area contributed by atoms with Crippen molar-refractivity contribution >= 4 is 57.0 Å². The van der Waals surface area contributed by atoms with Crippen LogP contribution in [0.15, 0.2) is 73.3 Å². The van der Waals surface area contributed by atoms with Gasteiger partial charge in [-0.1, -0.05) is 66.5 Å². The molecule has 2 aromatic heterocycles. The lowest BCUT2D eigenvalue weighted by Gasteiger charge is -2.21. The average molecular weight is 843 g/mol. The maximum absolute atomic E-state index is 13.8. The summed E-state index contributed by atoms with van der Waals surface area (Å²) in [6, 6.07) is 22.2. The Morgan fingerprint density at radius 3 is 1.59 bits per heavy atom. The summed E-state index contributed by atoms with van der Waals surface area (Å²) in [6.07, 6.45) is 3.18. The number of carboxylic acid groups (broad SMARTS) is 1. The normalized spacial score (nSPS) is 12.4. The Morgan fingerprint density at radius 2 is 1.19 bits per heavy atom. The van der Waals surface area contributed by atoms with Gasteiger partial charge in [0.1, 0.15) is 28.2 Å². The van der Waals surface area contributed by atoms with Crippen LogP contribution in [0.5, 0.6) is 0 Å². The number of aliphatic carboxylic acids is 1. The van der Waals surface area contributed by atoms with Crippen molar-refractivity contribution < 1.29 is 23.5 Å². The number of halogens is 4. The van der Waals surface area contributed by atoms with E-state index in [0.29, 0.717) is 28.5 Å². The number of nitrogens with zero attached hydrogens (tertiary/aromatic N) is 6. The molecule has 0 fully saturated rings. The number of aryl methyl sites for hydroxylation is 2. The maximum Gasteiger partial charge on any atom is 0.323 e. The van der Waals surface area contributed by atoms with Gasteiger partial charge >= 0.3 is 5.97 Å². The Hall–Kier alpha value is -5.66. The largest absolute Gasteiger partial charge is 0.480 e. The zero-order valence-electron chi connectivity index (χ0n) is 34.2. The molecule has 14 heteroatoms. The second kappa shape index (κ2) is 18.9. The van der Waals surface area contributed by atoms with Crippen LogP contribution in [0.4, 0.5) is 8.78 Å². The van der Waals surface area contributed by atoms with E-state index in [4.69, 9.17) is 39.3 Å². The summed E-state index contributed by atoms with van der Waals surface area (Å²) in [6.45, 7) is 15.4. The van der Waals surface area contributed by atoms with E-state index in [0.717, 1.165) is 33.4 Å². The van der Waals surface area contributed by atoms with Gasteiger partial charge in [-0.15, -0.1) is 0 Å². The first-order valence-corrected chi connectivity index (χ1v) is 19.5. The van der Waals surface area contributed by atoms with Crippen LogP contribution in [-0.4, -0.2) is 36.0 Å². The molecule has 0 aliphatic rings. The van der Waals surface area contributed by atoms with E-state index in [1.54, 1.807) is 10.6 Å². The zero-order chi connectivity index (χ0) is 44.0. The first-order valence-electron chi connectivity index (χ1n) is 18.7. The second-order valence-corrected chi connectivity index (χ2v) is 16.4. The molecule has 0 aliphatic heterocycles. The molecule has 2 unspecified atom stereocenters. The molecule has 0 amide bonds. The molecule has 308 valence electrons. The number of hydrogen-bond acceptors (Lipinski definition) is 7. The number of aromatic nitrogens is 4.